The van der Waals surface area contributed by atoms with E-state index in [0.29, 0.717) is 12.9 Å². The summed E-state index contributed by atoms with van der Waals surface area (Å²) in [7, 11) is 0. The SMILES string of the molecule is CCOC(=O)CC=O.[Na]. The van der Waals surface area contributed by atoms with Gasteiger partial charge >= 0.3 is 5.97 Å². The van der Waals surface area contributed by atoms with Gasteiger partial charge in [0.2, 0.25) is 0 Å². The molecule has 0 unspecified atom stereocenters. The number of rotatable bonds is 3. The Kier molecular flexibility index (Phi) is 10.7. The molecule has 9 heavy (non-hydrogen) atoms. The molecule has 0 atom stereocenters. The first-order valence-corrected chi connectivity index (χ1v) is 2.40. The molecule has 0 aromatic heterocycles. The molecule has 0 fully saturated rings. The molecule has 0 heterocycles. The average Bonchev–Trinajstić information content (AvgIpc) is 1.68. The molecule has 0 aromatic rings. The molecule has 47 valence electrons. The predicted octanol–water partition coefficient (Wildman–Crippen LogP) is -0.242. The second kappa shape index (κ2) is 8.14. The molecule has 0 aliphatic heterocycles. The maximum absolute atomic E-state index is 10.2. The van der Waals surface area contributed by atoms with Crippen LogP contribution in [0.5, 0.6) is 0 Å². The molecule has 0 aliphatic carbocycles. The Morgan fingerprint density at radius 1 is 1.67 bits per heavy atom. The van der Waals surface area contributed by atoms with Crippen molar-refractivity contribution in [3.63, 3.8) is 0 Å². The summed E-state index contributed by atoms with van der Waals surface area (Å²) in [5.74, 6) is -0.456. The fourth-order valence-electron chi connectivity index (χ4n) is 0.288. The summed E-state index contributed by atoms with van der Waals surface area (Å²) in [6.07, 6.45) is 0.395. The van der Waals surface area contributed by atoms with Gasteiger partial charge in [0.25, 0.3) is 0 Å². The zero-order valence-electron chi connectivity index (χ0n) is 5.72. The minimum absolute atomic E-state index is 0. The van der Waals surface area contributed by atoms with E-state index < -0.39 is 5.97 Å². The molecule has 0 saturated carbocycles. The fourth-order valence-corrected chi connectivity index (χ4v) is 0.288. The smallest absolute Gasteiger partial charge is 0.312 e. The normalized spacial score (nSPS) is 7.22. The summed E-state index contributed by atoms with van der Waals surface area (Å²) in [4.78, 5) is 19.8. The largest absolute Gasteiger partial charge is 0.466 e. The van der Waals surface area contributed by atoms with Gasteiger partial charge in [0.05, 0.1) is 6.61 Å². The van der Waals surface area contributed by atoms with Gasteiger partial charge in [0.15, 0.2) is 0 Å². The summed E-state index contributed by atoms with van der Waals surface area (Å²) in [6.45, 7) is 2.04. The van der Waals surface area contributed by atoms with E-state index in [9.17, 15) is 9.59 Å². The van der Waals surface area contributed by atoms with E-state index in [-0.39, 0.29) is 36.0 Å². The van der Waals surface area contributed by atoms with Gasteiger partial charge in [-0.1, -0.05) is 0 Å². The van der Waals surface area contributed by atoms with E-state index in [1.165, 1.54) is 0 Å². The molecule has 0 rings (SSSR count). The number of hydrogen-bond acceptors (Lipinski definition) is 3. The van der Waals surface area contributed by atoms with E-state index in [1.807, 2.05) is 0 Å². The predicted molar refractivity (Wildman–Crippen MR) is 33.1 cm³/mol. The van der Waals surface area contributed by atoms with Gasteiger partial charge in [-0.15, -0.1) is 0 Å². The Balaban J connectivity index is 0. The molecule has 0 amide bonds. The monoisotopic (exact) mass is 139 g/mol. The average molecular weight is 139 g/mol. The van der Waals surface area contributed by atoms with Crippen LogP contribution in [0.1, 0.15) is 13.3 Å². The molecular formula is C5H8NaO3. The molecule has 1 radical (unpaired) electrons. The summed E-state index contributed by atoms with van der Waals surface area (Å²) in [6, 6.07) is 0. The van der Waals surface area contributed by atoms with Gasteiger partial charge in [0, 0.05) is 29.6 Å². The maximum atomic E-state index is 10.2. The zero-order valence-corrected chi connectivity index (χ0v) is 7.72. The molecule has 0 N–H and O–H groups in total. The molecule has 0 bridgehead atoms. The first-order valence-electron chi connectivity index (χ1n) is 2.40. The van der Waals surface area contributed by atoms with Crippen molar-refractivity contribution in [3.8, 4) is 0 Å². The summed E-state index contributed by atoms with van der Waals surface area (Å²) in [5, 5.41) is 0. The van der Waals surface area contributed by atoms with Crippen LogP contribution in [0.25, 0.3) is 0 Å². The molecule has 0 aromatic carbocycles. The Hall–Kier alpha value is 0.140. The molecule has 0 saturated heterocycles. The van der Waals surface area contributed by atoms with Crippen molar-refractivity contribution in [2.75, 3.05) is 6.61 Å². The first kappa shape index (κ1) is 11.9. The molecular weight excluding hydrogens is 131 g/mol. The number of hydrogen-bond donors (Lipinski definition) is 0. The number of esters is 1. The minimum atomic E-state index is -0.456. The maximum Gasteiger partial charge on any atom is 0.312 e. The van der Waals surface area contributed by atoms with E-state index in [4.69, 9.17) is 0 Å². The quantitative estimate of drug-likeness (QED) is 0.234. The van der Waals surface area contributed by atoms with Crippen LogP contribution in [-0.2, 0) is 14.3 Å². The third-order valence-corrected chi connectivity index (χ3v) is 0.555. The van der Waals surface area contributed by atoms with Crippen molar-refractivity contribution < 1.29 is 14.3 Å². The zero-order chi connectivity index (χ0) is 6.41. The van der Waals surface area contributed by atoms with Crippen LogP contribution in [0.15, 0.2) is 0 Å². The Morgan fingerprint density at radius 2 is 2.22 bits per heavy atom. The van der Waals surface area contributed by atoms with Crippen molar-refractivity contribution >= 4 is 41.8 Å². The standard InChI is InChI=1S/C5H8O3.Na/c1-2-8-5(7)3-4-6;/h4H,2-3H2,1H3;. The molecule has 3 nitrogen and oxygen atoms in total. The number of ether oxygens (including phenoxy) is 1. The van der Waals surface area contributed by atoms with Crippen molar-refractivity contribution in [2.24, 2.45) is 0 Å². The van der Waals surface area contributed by atoms with Crippen LogP contribution in [-0.4, -0.2) is 48.4 Å². The van der Waals surface area contributed by atoms with Crippen LogP contribution in [0.2, 0.25) is 0 Å². The van der Waals surface area contributed by atoms with E-state index in [1.54, 1.807) is 6.92 Å². The van der Waals surface area contributed by atoms with Gasteiger partial charge in [-0.05, 0) is 6.92 Å². The van der Waals surface area contributed by atoms with Gasteiger partial charge in [0.1, 0.15) is 12.7 Å². The van der Waals surface area contributed by atoms with Crippen molar-refractivity contribution in [1.29, 1.82) is 0 Å². The third kappa shape index (κ3) is 8.14. The summed E-state index contributed by atoms with van der Waals surface area (Å²) >= 11 is 0. The van der Waals surface area contributed by atoms with Gasteiger partial charge < -0.3 is 9.53 Å². The topological polar surface area (TPSA) is 43.4 Å². The van der Waals surface area contributed by atoms with Crippen LogP contribution in [0.4, 0.5) is 0 Å². The van der Waals surface area contributed by atoms with Crippen molar-refractivity contribution in [1.82, 2.24) is 0 Å². The number of carbonyl (C=O) groups excluding carboxylic acids is 2. The van der Waals surface area contributed by atoms with Gasteiger partial charge in [-0.25, -0.2) is 0 Å². The van der Waals surface area contributed by atoms with Crippen LogP contribution in [0.3, 0.4) is 0 Å². The summed E-state index contributed by atoms with van der Waals surface area (Å²) < 4.78 is 4.41. The van der Waals surface area contributed by atoms with Crippen molar-refractivity contribution in [2.45, 2.75) is 13.3 Å². The minimum Gasteiger partial charge on any atom is -0.466 e. The first-order chi connectivity index (χ1) is 3.81. The molecule has 0 spiro atoms. The Labute approximate surface area is 76.0 Å². The number of aldehydes is 1. The summed E-state index contributed by atoms with van der Waals surface area (Å²) in [5.41, 5.74) is 0. The van der Waals surface area contributed by atoms with E-state index >= 15 is 0 Å². The van der Waals surface area contributed by atoms with Gasteiger partial charge in [-0.2, -0.15) is 0 Å². The second-order valence-corrected chi connectivity index (χ2v) is 1.18. The van der Waals surface area contributed by atoms with Crippen LogP contribution in [0, 0.1) is 0 Å². The third-order valence-electron chi connectivity index (χ3n) is 0.555. The molecule has 0 aliphatic rings. The van der Waals surface area contributed by atoms with E-state index in [2.05, 4.69) is 4.74 Å². The van der Waals surface area contributed by atoms with Crippen molar-refractivity contribution in [3.05, 3.63) is 0 Å². The number of carbonyl (C=O) groups is 2. The van der Waals surface area contributed by atoms with E-state index in [0.717, 1.165) is 0 Å². The second-order valence-electron chi connectivity index (χ2n) is 1.18. The van der Waals surface area contributed by atoms with Crippen LogP contribution < -0.4 is 0 Å². The molecule has 4 heteroatoms. The van der Waals surface area contributed by atoms with Gasteiger partial charge in [-0.3, -0.25) is 4.79 Å². The Morgan fingerprint density at radius 3 is 2.56 bits per heavy atom. The van der Waals surface area contributed by atoms with Crippen LogP contribution >= 0.6 is 0 Å². The Bertz CT molecular complexity index is 92.2. The fraction of sp³-hybridized carbons (Fsp3) is 0.600.